The first-order valence-electron chi connectivity index (χ1n) is 7.87. The Hall–Kier alpha value is -2.60. The number of para-hydroxylation sites is 1. The van der Waals surface area contributed by atoms with Crippen LogP contribution in [0.2, 0.25) is 0 Å². The number of benzene rings is 1. The molecular weight excluding hydrogens is 308 g/mol. The van der Waals surface area contributed by atoms with E-state index >= 15 is 0 Å². The van der Waals surface area contributed by atoms with E-state index in [2.05, 4.69) is 10.3 Å². The maximum absolute atomic E-state index is 12.2. The van der Waals surface area contributed by atoms with Gasteiger partial charge in [-0.1, -0.05) is 18.2 Å². The minimum Gasteiger partial charge on any atom is -0.496 e. The van der Waals surface area contributed by atoms with Gasteiger partial charge >= 0.3 is 0 Å². The molecule has 1 N–H and O–H groups in total. The lowest BCUT2D eigenvalue weighted by molar-refractivity contribution is 0.0950. The van der Waals surface area contributed by atoms with E-state index in [0.29, 0.717) is 31.2 Å². The first-order chi connectivity index (χ1) is 11.8. The van der Waals surface area contributed by atoms with Crippen LogP contribution in [0.25, 0.3) is 0 Å². The van der Waals surface area contributed by atoms with Crippen LogP contribution in [-0.2, 0) is 11.3 Å². The number of methoxy groups -OCH3 is 1. The van der Waals surface area contributed by atoms with Gasteiger partial charge in [0.2, 0.25) is 5.88 Å². The van der Waals surface area contributed by atoms with Crippen LogP contribution in [0.15, 0.2) is 42.6 Å². The van der Waals surface area contributed by atoms with E-state index in [-0.39, 0.29) is 12.0 Å². The monoisotopic (exact) mass is 328 g/mol. The predicted octanol–water partition coefficient (Wildman–Crippen LogP) is 2.19. The Kier molecular flexibility index (Phi) is 5.28. The lowest BCUT2D eigenvalue weighted by Crippen LogP contribution is -2.23. The van der Waals surface area contributed by atoms with Crippen molar-refractivity contribution in [1.29, 1.82) is 0 Å². The molecule has 1 unspecified atom stereocenters. The minimum atomic E-state index is -0.191. The van der Waals surface area contributed by atoms with Crippen LogP contribution in [-0.4, -0.2) is 37.3 Å². The second-order valence-electron chi connectivity index (χ2n) is 5.48. The Morgan fingerprint density at radius 2 is 2.21 bits per heavy atom. The standard InChI is InChI=1S/C18H20N2O4/c1-22-16-5-3-2-4-13(16)10-20-18(21)14-6-7-17(19-11-14)24-15-8-9-23-12-15/h2-7,11,15H,8-10,12H2,1H3,(H,20,21). The molecule has 2 aromatic rings. The van der Waals surface area contributed by atoms with Gasteiger partial charge in [-0.2, -0.15) is 0 Å². The van der Waals surface area contributed by atoms with E-state index in [1.807, 2.05) is 24.3 Å². The molecule has 0 spiro atoms. The molecule has 0 radical (unpaired) electrons. The Balaban J connectivity index is 1.56. The van der Waals surface area contributed by atoms with E-state index in [4.69, 9.17) is 14.2 Å². The molecule has 0 bridgehead atoms. The number of pyridine rings is 1. The number of nitrogens with one attached hydrogen (secondary N) is 1. The van der Waals surface area contributed by atoms with Crippen molar-refractivity contribution in [2.24, 2.45) is 0 Å². The summed E-state index contributed by atoms with van der Waals surface area (Å²) in [6.07, 6.45) is 2.42. The van der Waals surface area contributed by atoms with Crippen LogP contribution in [0.1, 0.15) is 22.3 Å². The first kappa shape index (κ1) is 16.3. The van der Waals surface area contributed by atoms with Crippen LogP contribution in [0.5, 0.6) is 11.6 Å². The van der Waals surface area contributed by atoms with E-state index in [1.165, 1.54) is 6.20 Å². The van der Waals surface area contributed by atoms with E-state index in [9.17, 15) is 4.79 Å². The van der Waals surface area contributed by atoms with Crippen LogP contribution in [0.3, 0.4) is 0 Å². The summed E-state index contributed by atoms with van der Waals surface area (Å²) in [5.74, 6) is 1.06. The fraction of sp³-hybridized carbons (Fsp3) is 0.333. The highest BCUT2D eigenvalue weighted by molar-refractivity contribution is 5.93. The summed E-state index contributed by atoms with van der Waals surface area (Å²) >= 11 is 0. The third-order valence-corrected chi connectivity index (χ3v) is 3.81. The number of hydrogen-bond donors (Lipinski definition) is 1. The van der Waals surface area contributed by atoms with Gasteiger partial charge in [-0.3, -0.25) is 4.79 Å². The number of rotatable bonds is 6. The van der Waals surface area contributed by atoms with Crippen LogP contribution in [0, 0.1) is 0 Å². The molecule has 1 fully saturated rings. The van der Waals surface area contributed by atoms with Crippen molar-refractivity contribution < 1.29 is 19.0 Å². The summed E-state index contributed by atoms with van der Waals surface area (Å²) in [5.41, 5.74) is 1.41. The van der Waals surface area contributed by atoms with E-state index in [1.54, 1.807) is 19.2 Å². The first-order valence-corrected chi connectivity index (χ1v) is 7.87. The Labute approximate surface area is 140 Å². The van der Waals surface area contributed by atoms with Gasteiger partial charge in [0, 0.05) is 30.8 Å². The topological polar surface area (TPSA) is 69.7 Å². The molecule has 2 heterocycles. The molecule has 0 aliphatic carbocycles. The second kappa shape index (κ2) is 7.79. The van der Waals surface area contributed by atoms with Crippen molar-refractivity contribution in [2.45, 2.75) is 19.1 Å². The highest BCUT2D eigenvalue weighted by Gasteiger charge is 2.17. The van der Waals surface area contributed by atoms with Gasteiger partial charge in [0.15, 0.2) is 0 Å². The van der Waals surface area contributed by atoms with E-state index in [0.717, 1.165) is 17.7 Å². The Morgan fingerprint density at radius 1 is 1.33 bits per heavy atom. The number of hydrogen-bond acceptors (Lipinski definition) is 5. The molecule has 6 nitrogen and oxygen atoms in total. The highest BCUT2D eigenvalue weighted by atomic mass is 16.5. The largest absolute Gasteiger partial charge is 0.496 e. The van der Waals surface area contributed by atoms with E-state index < -0.39 is 0 Å². The maximum Gasteiger partial charge on any atom is 0.253 e. The number of nitrogens with zero attached hydrogens (tertiary/aromatic N) is 1. The molecule has 1 aromatic heterocycles. The zero-order valence-corrected chi connectivity index (χ0v) is 13.5. The van der Waals surface area contributed by atoms with Crippen molar-refractivity contribution in [3.63, 3.8) is 0 Å². The van der Waals surface area contributed by atoms with Crippen molar-refractivity contribution in [3.05, 3.63) is 53.7 Å². The number of ether oxygens (including phenoxy) is 3. The summed E-state index contributed by atoms with van der Waals surface area (Å²) in [6.45, 7) is 1.69. The summed E-state index contributed by atoms with van der Waals surface area (Å²) in [6, 6.07) is 11.0. The maximum atomic E-state index is 12.2. The van der Waals surface area contributed by atoms with Gasteiger partial charge in [0.1, 0.15) is 11.9 Å². The highest BCUT2D eigenvalue weighted by Crippen LogP contribution is 2.17. The van der Waals surface area contributed by atoms with Gasteiger partial charge < -0.3 is 19.5 Å². The number of aromatic nitrogens is 1. The number of carbonyl (C=O) groups is 1. The molecule has 24 heavy (non-hydrogen) atoms. The summed E-state index contributed by atoms with van der Waals surface area (Å²) in [7, 11) is 1.61. The van der Waals surface area contributed by atoms with Crippen LogP contribution in [0.4, 0.5) is 0 Å². The summed E-state index contributed by atoms with van der Waals surface area (Å²) in [5, 5.41) is 2.86. The van der Waals surface area contributed by atoms with Crippen molar-refractivity contribution in [1.82, 2.24) is 10.3 Å². The molecule has 1 saturated heterocycles. The molecule has 1 amide bonds. The molecule has 1 aliphatic rings. The number of amides is 1. The lowest BCUT2D eigenvalue weighted by Gasteiger charge is -2.11. The zero-order valence-electron chi connectivity index (χ0n) is 13.5. The average Bonchev–Trinajstić information content (AvgIpc) is 3.13. The normalized spacial score (nSPS) is 16.6. The van der Waals surface area contributed by atoms with Gasteiger partial charge in [-0.15, -0.1) is 0 Å². The SMILES string of the molecule is COc1ccccc1CNC(=O)c1ccc(OC2CCOC2)nc1. The fourth-order valence-electron chi connectivity index (χ4n) is 2.49. The van der Waals surface area contributed by atoms with Crippen LogP contribution >= 0.6 is 0 Å². The smallest absolute Gasteiger partial charge is 0.253 e. The Morgan fingerprint density at radius 3 is 2.92 bits per heavy atom. The molecule has 1 aromatic carbocycles. The van der Waals surface area contributed by atoms with Crippen molar-refractivity contribution in [3.8, 4) is 11.6 Å². The molecule has 1 atom stereocenters. The van der Waals surface area contributed by atoms with Crippen molar-refractivity contribution >= 4 is 5.91 Å². The van der Waals surface area contributed by atoms with Crippen molar-refractivity contribution in [2.75, 3.05) is 20.3 Å². The molecule has 6 heteroatoms. The quantitative estimate of drug-likeness (QED) is 0.880. The van der Waals surface area contributed by atoms with Gasteiger partial charge in [0.05, 0.1) is 25.9 Å². The molecule has 1 aliphatic heterocycles. The lowest BCUT2D eigenvalue weighted by atomic mass is 10.2. The zero-order chi connectivity index (χ0) is 16.8. The molecule has 0 saturated carbocycles. The minimum absolute atomic E-state index is 0.0442. The molecule has 126 valence electrons. The third kappa shape index (κ3) is 4.02. The van der Waals surface area contributed by atoms with Crippen LogP contribution < -0.4 is 14.8 Å². The third-order valence-electron chi connectivity index (χ3n) is 3.81. The summed E-state index contributed by atoms with van der Waals surface area (Å²) < 4.78 is 16.2. The molecule has 3 rings (SSSR count). The van der Waals surface area contributed by atoms with Gasteiger partial charge in [0.25, 0.3) is 5.91 Å². The molecular formula is C18H20N2O4. The summed E-state index contributed by atoms with van der Waals surface area (Å²) in [4.78, 5) is 16.4. The average molecular weight is 328 g/mol. The number of carbonyl (C=O) groups excluding carboxylic acids is 1. The van der Waals surface area contributed by atoms with Gasteiger partial charge in [-0.25, -0.2) is 4.98 Å². The fourth-order valence-corrected chi connectivity index (χ4v) is 2.49. The Bertz CT molecular complexity index is 682. The predicted molar refractivity (Wildman–Crippen MR) is 88.3 cm³/mol. The van der Waals surface area contributed by atoms with Gasteiger partial charge in [-0.05, 0) is 12.1 Å². The second-order valence-corrected chi connectivity index (χ2v) is 5.48.